The van der Waals surface area contributed by atoms with Gasteiger partial charge in [0.1, 0.15) is 0 Å². The third kappa shape index (κ3) is 5.40. The van der Waals surface area contributed by atoms with Gasteiger partial charge in [0, 0.05) is 41.7 Å². The molecule has 2 aromatic rings. The topological polar surface area (TPSA) is 109 Å². The molecule has 2 aliphatic rings. The molecule has 0 unspecified atom stereocenters. The van der Waals surface area contributed by atoms with Crippen LogP contribution in [0.5, 0.6) is 0 Å². The van der Waals surface area contributed by atoms with Gasteiger partial charge in [0.15, 0.2) is 5.13 Å². The highest BCUT2D eigenvalue weighted by Crippen LogP contribution is 2.30. The van der Waals surface area contributed by atoms with Crippen LogP contribution in [-0.4, -0.2) is 67.1 Å². The van der Waals surface area contributed by atoms with Crippen LogP contribution < -0.4 is 5.32 Å². The predicted molar refractivity (Wildman–Crippen MR) is 132 cm³/mol. The number of nitrogens with one attached hydrogen (secondary N) is 1. The van der Waals surface area contributed by atoms with Crippen LogP contribution in [0.4, 0.5) is 9.93 Å². The number of nitrogens with zero attached hydrogens (tertiary/aromatic N) is 3. The van der Waals surface area contributed by atoms with Crippen LogP contribution in [0.15, 0.2) is 34.1 Å². The molecule has 184 valence electrons. The zero-order chi connectivity index (χ0) is 24.3. The van der Waals surface area contributed by atoms with Crippen LogP contribution in [0.25, 0.3) is 0 Å². The lowest BCUT2D eigenvalue weighted by Crippen LogP contribution is -2.41. The predicted octanol–water partition coefficient (Wildman–Crippen LogP) is 3.42. The Hall–Kier alpha value is -2.15. The van der Waals surface area contributed by atoms with E-state index in [-0.39, 0.29) is 22.8 Å². The van der Waals surface area contributed by atoms with Gasteiger partial charge in [0.2, 0.25) is 15.9 Å². The molecule has 0 bridgehead atoms. The molecule has 2 amide bonds. The summed E-state index contributed by atoms with van der Waals surface area (Å²) in [5, 5.41) is 3.42. The number of carbonyl (C=O) groups excluding carboxylic acids is 2. The third-order valence-electron chi connectivity index (χ3n) is 6.01. The van der Waals surface area contributed by atoms with Gasteiger partial charge in [-0.05, 0) is 50.3 Å². The fraction of sp³-hybridized carbons (Fsp3) is 0.500. The standard InChI is InChI=1S/C22H28N4O5S3/c1-3-31-22(28)25-11-10-18-19(14-25)33-21(23-18)24-20(27)15-8-12-26(13-9-15)34(29,30)17-6-4-16(32-2)5-7-17/h4-7,15H,3,8-14H2,1-2H3,(H,23,24,27). The number of anilines is 1. The molecule has 0 radical (unpaired) electrons. The maximum Gasteiger partial charge on any atom is 0.410 e. The van der Waals surface area contributed by atoms with Gasteiger partial charge in [-0.15, -0.1) is 11.8 Å². The Kier molecular flexibility index (Phi) is 7.80. The summed E-state index contributed by atoms with van der Waals surface area (Å²) >= 11 is 2.93. The molecule has 0 atom stereocenters. The van der Waals surface area contributed by atoms with Crippen LogP contribution in [0, 0.1) is 5.92 Å². The average Bonchev–Trinajstić information content (AvgIpc) is 3.25. The molecule has 0 aliphatic carbocycles. The summed E-state index contributed by atoms with van der Waals surface area (Å²) in [6, 6.07) is 6.87. The average molecular weight is 525 g/mol. The summed E-state index contributed by atoms with van der Waals surface area (Å²) < 4.78 is 32.4. The molecule has 34 heavy (non-hydrogen) atoms. The Morgan fingerprint density at radius 1 is 1.21 bits per heavy atom. The first-order chi connectivity index (χ1) is 16.3. The van der Waals surface area contributed by atoms with Crippen LogP contribution in [-0.2, 0) is 32.5 Å². The van der Waals surface area contributed by atoms with E-state index >= 15 is 0 Å². The normalized spacial score (nSPS) is 17.3. The molecular weight excluding hydrogens is 496 g/mol. The molecule has 12 heteroatoms. The Labute approximate surface area is 207 Å². The monoisotopic (exact) mass is 524 g/mol. The zero-order valence-electron chi connectivity index (χ0n) is 19.2. The van der Waals surface area contributed by atoms with E-state index in [0.717, 1.165) is 15.5 Å². The molecule has 1 aromatic carbocycles. The van der Waals surface area contributed by atoms with E-state index in [4.69, 9.17) is 4.74 Å². The summed E-state index contributed by atoms with van der Waals surface area (Å²) in [5.74, 6) is -0.419. The maximum absolute atomic E-state index is 13.0. The molecule has 1 N–H and O–H groups in total. The number of hydrogen-bond donors (Lipinski definition) is 1. The lowest BCUT2D eigenvalue weighted by atomic mass is 9.97. The van der Waals surface area contributed by atoms with Crippen molar-refractivity contribution in [1.29, 1.82) is 0 Å². The van der Waals surface area contributed by atoms with Gasteiger partial charge in [-0.25, -0.2) is 18.2 Å². The summed E-state index contributed by atoms with van der Waals surface area (Å²) in [6.45, 7) is 3.67. The molecule has 1 fully saturated rings. The van der Waals surface area contributed by atoms with Crippen LogP contribution in [0.2, 0.25) is 0 Å². The Morgan fingerprint density at radius 2 is 1.91 bits per heavy atom. The van der Waals surface area contributed by atoms with E-state index in [1.54, 1.807) is 47.9 Å². The van der Waals surface area contributed by atoms with E-state index < -0.39 is 10.0 Å². The van der Waals surface area contributed by atoms with Gasteiger partial charge in [-0.1, -0.05) is 11.3 Å². The number of aromatic nitrogens is 1. The highest BCUT2D eigenvalue weighted by atomic mass is 32.2. The first kappa shape index (κ1) is 25.0. The SMILES string of the molecule is CCOC(=O)N1CCc2nc(NC(=O)C3CCN(S(=O)(=O)c4ccc(SC)cc4)CC3)sc2C1. The molecule has 1 saturated heterocycles. The number of fused-ring (bicyclic) bond motifs is 1. The minimum Gasteiger partial charge on any atom is -0.450 e. The van der Waals surface area contributed by atoms with Crippen LogP contribution in [0.1, 0.15) is 30.3 Å². The van der Waals surface area contributed by atoms with Crippen molar-refractivity contribution < 1.29 is 22.7 Å². The summed E-state index contributed by atoms with van der Waals surface area (Å²) in [7, 11) is -3.57. The van der Waals surface area contributed by atoms with Crippen LogP contribution >= 0.6 is 23.1 Å². The van der Waals surface area contributed by atoms with Crippen molar-refractivity contribution in [3.05, 3.63) is 34.8 Å². The fourth-order valence-corrected chi connectivity index (χ4v) is 6.99. The lowest BCUT2D eigenvalue weighted by molar-refractivity contribution is -0.120. The number of ether oxygens (including phenoxy) is 1. The highest BCUT2D eigenvalue weighted by molar-refractivity contribution is 7.98. The molecule has 2 aliphatic heterocycles. The van der Waals surface area contributed by atoms with Crippen molar-refractivity contribution in [2.45, 2.75) is 42.5 Å². The number of amides is 2. The number of rotatable bonds is 6. The Bertz CT molecular complexity index is 1140. The lowest BCUT2D eigenvalue weighted by Gasteiger charge is -2.30. The van der Waals surface area contributed by atoms with Crippen molar-refractivity contribution in [3.63, 3.8) is 0 Å². The second kappa shape index (κ2) is 10.6. The van der Waals surface area contributed by atoms with Crippen molar-refractivity contribution in [2.75, 3.05) is 37.8 Å². The number of carbonyl (C=O) groups is 2. The molecule has 0 spiro atoms. The van der Waals surface area contributed by atoms with Gasteiger partial charge in [0.25, 0.3) is 0 Å². The number of hydrogen-bond acceptors (Lipinski definition) is 8. The Morgan fingerprint density at radius 3 is 2.56 bits per heavy atom. The van der Waals surface area contributed by atoms with Gasteiger partial charge in [-0.3, -0.25) is 4.79 Å². The number of piperidine rings is 1. The Balaban J connectivity index is 1.32. The molecule has 4 rings (SSSR count). The van der Waals surface area contributed by atoms with Gasteiger partial charge in [0.05, 0.1) is 23.7 Å². The maximum atomic E-state index is 13.0. The number of thiazole rings is 1. The molecule has 1 aromatic heterocycles. The third-order valence-corrected chi connectivity index (χ3v) is 9.66. The highest BCUT2D eigenvalue weighted by Gasteiger charge is 2.33. The zero-order valence-corrected chi connectivity index (χ0v) is 21.6. The van der Waals surface area contributed by atoms with Crippen molar-refractivity contribution in [1.82, 2.24) is 14.2 Å². The first-order valence-corrected chi connectivity index (χ1v) is 14.6. The first-order valence-electron chi connectivity index (χ1n) is 11.2. The summed E-state index contributed by atoms with van der Waals surface area (Å²) in [6.07, 6.45) is 3.13. The van der Waals surface area contributed by atoms with E-state index in [9.17, 15) is 18.0 Å². The summed E-state index contributed by atoms with van der Waals surface area (Å²) in [5.41, 5.74) is 0.897. The fourth-order valence-electron chi connectivity index (χ4n) is 4.08. The minimum atomic E-state index is -3.57. The molecule has 3 heterocycles. The van der Waals surface area contributed by atoms with Gasteiger partial charge < -0.3 is 15.0 Å². The second-order valence-electron chi connectivity index (χ2n) is 8.10. The number of sulfonamides is 1. The number of benzene rings is 1. The van der Waals surface area contributed by atoms with Gasteiger partial charge in [-0.2, -0.15) is 4.31 Å². The molecule has 9 nitrogen and oxygen atoms in total. The van der Waals surface area contributed by atoms with Gasteiger partial charge >= 0.3 is 6.09 Å². The number of thioether (sulfide) groups is 1. The second-order valence-corrected chi connectivity index (χ2v) is 12.0. The summed E-state index contributed by atoms with van der Waals surface area (Å²) in [4.78, 5) is 33.2. The van der Waals surface area contributed by atoms with E-state index in [0.29, 0.717) is 57.2 Å². The minimum absolute atomic E-state index is 0.144. The molecule has 0 saturated carbocycles. The van der Waals surface area contributed by atoms with Crippen LogP contribution in [0.3, 0.4) is 0 Å². The van der Waals surface area contributed by atoms with E-state index in [1.807, 2.05) is 6.26 Å². The quantitative estimate of drug-likeness (QED) is 0.577. The van der Waals surface area contributed by atoms with E-state index in [1.165, 1.54) is 15.6 Å². The molecular formula is C22H28N4O5S3. The van der Waals surface area contributed by atoms with Crippen molar-refractivity contribution >= 4 is 50.3 Å². The van der Waals surface area contributed by atoms with E-state index in [2.05, 4.69) is 10.3 Å². The largest absolute Gasteiger partial charge is 0.450 e. The van der Waals surface area contributed by atoms with Crippen molar-refractivity contribution in [2.24, 2.45) is 5.92 Å². The van der Waals surface area contributed by atoms with Crippen molar-refractivity contribution in [3.8, 4) is 0 Å². The smallest absolute Gasteiger partial charge is 0.410 e.